The maximum atomic E-state index is 12.2. The minimum Gasteiger partial charge on any atom is -0.371 e. The van der Waals surface area contributed by atoms with Crippen molar-refractivity contribution in [3.05, 3.63) is 47.3 Å². The van der Waals surface area contributed by atoms with Gasteiger partial charge in [0, 0.05) is 51.3 Å². The van der Waals surface area contributed by atoms with Crippen molar-refractivity contribution in [2.75, 3.05) is 31.1 Å². The highest BCUT2D eigenvalue weighted by Gasteiger charge is 2.16. The number of nitrogens with zero attached hydrogens (tertiary/aromatic N) is 3. The molecule has 1 aromatic heterocycles. The van der Waals surface area contributed by atoms with E-state index in [1.165, 1.54) is 29.8 Å². The molecule has 0 unspecified atom stereocenters. The van der Waals surface area contributed by atoms with Gasteiger partial charge >= 0.3 is 0 Å². The zero-order valence-corrected chi connectivity index (χ0v) is 16.6. The molecule has 0 saturated carbocycles. The number of amides is 1. The summed E-state index contributed by atoms with van der Waals surface area (Å²) in [6, 6.07) is 10.8. The minimum atomic E-state index is 0.125. The molecule has 6 nitrogen and oxygen atoms in total. The Labute approximate surface area is 167 Å². The maximum Gasteiger partial charge on any atom is 0.220 e. The molecule has 2 N–H and O–H groups in total. The summed E-state index contributed by atoms with van der Waals surface area (Å²) in [7, 11) is 0. The molecule has 2 aromatic rings. The predicted molar refractivity (Wildman–Crippen MR) is 111 cm³/mol. The van der Waals surface area contributed by atoms with E-state index in [9.17, 15) is 4.79 Å². The van der Waals surface area contributed by atoms with E-state index in [0.717, 1.165) is 57.8 Å². The van der Waals surface area contributed by atoms with Crippen molar-refractivity contribution in [2.24, 2.45) is 0 Å². The predicted octanol–water partition coefficient (Wildman–Crippen LogP) is 2.27. The number of carbonyl (C=O) groups is 1. The molecule has 0 bridgehead atoms. The van der Waals surface area contributed by atoms with Crippen molar-refractivity contribution in [3.63, 3.8) is 0 Å². The Bertz CT molecular complexity index is 776. The Morgan fingerprint density at radius 3 is 3.11 bits per heavy atom. The number of anilines is 1. The molecule has 1 aromatic carbocycles. The highest BCUT2D eigenvalue weighted by atomic mass is 16.1. The van der Waals surface area contributed by atoms with Crippen molar-refractivity contribution in [3.8, 4) is 0 Å². The average molecular weight is 382 g/mol. The number of fused-ring (bicyclic) bond motifs is 2. The molecule has 28 heavy (non-hydrogen) atoms. The Hall–Kier alpha value is -2.34. The number of aromatic nitrogens is 2. The van der Waals surface area contributed by atoms with Crippen molar-refractivity contribution in [2.45, 2.75) is 51.6 Å². The highest BCUT2D eigenvalue weighted by Crippen LogP contribution is 2.26. The summed E-state index contributed by atoms with van der Waals surface area (Å²) >= 11 is 0. The molecule has 6 heteroatoms. The van der Waals surface area contributed by atoms with Crippen molar-refractivity contribution >= 4 is 11.6 Å². The molecule has 0 saturated heterocycles. The van der Waals surface area contributed by atoms with Crippen LogP contribution in [0.15, 0.2) is 30.3 Å². The van der Waals surface area contributed by atoms with Crippen LogP contribution in [-0.4, -0.2) is 41.9 Å². The molecule has 0 radical (unpaired) electrons. The molecule has 2 aliphatic rings. The largest absolute Gasteiger partial charge is 0.371 e. The first kappa shape index (κ1) is 19.0. The van der Waals surface area contributed by atoms with Crippen molar-refractivity contribution in [1.29, 1.82) is 0 Å². The molecule has 150 valence electrons. The topological polar surface area (TPSA) is 62.2 Å². The third kappa shape index (κ3) is 4.73. The molecule has 1 amide bonds. The van der Waals surface area contributed by atoms with E-state index in [-0.39, 0.29) is 5.91 Å². The van der Waals surface area contributed by atoms with Gasteiger partial charge in [-0.15, -0.1) is 0 Å². The minimum absolute atomic E-state index is 0.125. The lowest BCUT2D eigenvalue weighted by Crippen LogP contribution is -2.33. The summed E-state index contributed by atoms with van der Waals surface area (Å²) in [5.74, 6) is 0.125. The molecule has 0 aliphatic carbocycles. The van der Waals surface area contributed by atoms with Gasteiger partial charge in [-0.2, -0.15) is 5.10 Å². The first-order chi connectivity index (χ1) is 13.8. The molecule has 2 aliphatic heterocycles. The smallest absolute Gasteiger partial charge is 0.220 e. The zero-order chi connectivity index (χ0) is 19.2. The molecule has 0 spiro atoms. The lowest BCUT2D eigenvalue weighted by Gasteiger charge is -2.31. The van der Waals surface area contributed by atoms with E-state index in [0.29, 0.717) is 12.8 Å². The fourth-order valence-electron chi connectivity index (χ4n) is 4.21. The van der Waals surface area contributed by atoms with Crippen LogP contribution in [0.4, 0.5) is 5.69 Å². The number of hydrogen-bond acceptors (Lipinski definition) is 4. The molecule has 0 fully saturated rings. The standard InChI is InChI=1S/C22H31N5O/c28-22(10-9-19-16-20-17-23-11-4-15-27(20)25-19)24-12-5-14-26-13-3-7-18-6-1-2-8-21(18)26/h1-2,6,8,16,23H,3-5,7,9-15,17H2,(H,24,28). The van der Waals surface area contributed by atoms with Crippen molar-refractivity contribution < 1.29 is 4.79 Å². The van der Waals surface area contributed by atoms with Crippen molar-refractivity contribution in [1.82, 2.24) is 20.4 Å². The molecule has 0 atom stereocenters. The number of aryl methyl sites for hydroxylation is 3. The van der Waals surface area contributed by atoms with Crippen LogP contribution in [-0.2, 0) is 30.7 Å². The average Bonchev–Trinajstić information content (AvgIpc) is 2.98. The van der Waals surface area contributed by atoms with Crippen LogP contribution < -0.4 is 15.5 Å². The Kier molecular flexibility index (Phi) is 6.27. The second-order valence-electron chi connectivity index (χ2n) is 7.80. The second-order valence-corrected chi connectivity index (χ2v) is 7.80. The first-order valence-corrected chi connectivity index (χ1v) is 10.7. The van der Waals surface area contributed by atoms with E-state index in [2.05, 4.69) is 55.6 Å². The summed E-state index contributed by atoms with van der Waals surface area (Å²) in [4.78, 5) is 14.6. The number of para-hydroxylation sites is 1. The van der Waals surface area contributed by atoms with Gasteiger partial charge in [0.25, 0.3) is 0 Å². The van der Waals surface area contributed by atoms with Gasteiger partial charge < -0.3 is 15.5 Å². The quantitative estimate of drug-likeness (QED) is 0.723. The summed E-state index contributed by atoms with van der Waals surface area (Å²) < 4.78 is 2.09. The lowest BCUT2D eigenvalue weighted by atomic mass is 10.0. The van der Waals surface area contributed by atoms with E-state index in [1.807, 2.05) is 0 Å². The number of hydrogen-bond donors (Lipinski definition) is 2. The monoisotopic (exact) mass is 381 g/mol. The van der Waals surface area contributed by atoms with Crippen LogP contribution in [0.1, 0.15) is 42.6 Å². The van der Waals surface area contributed by atoms with Gasteiger partial charge in [-0.3, -0.25) is 9.48 Å². The van der Waals surface area contributed by atoms with E-state index < -0.39 is 0 Å². The SMILES string of the molecule is O=C(CCc1cc2n(n1)CCCNC2)NCCCN1CCCc2ccccc21. The van der Waals surface area contributed by atoms with Crippen LogP contribution in [0.5, 0.6) is 0 Å². The third-order valence-corrected chi connectivity index (χ3v) is 5.69. The first-order valence-electron chi connectivity index (χ1n) is 10.7. The van der Waals surface area contributed by atoms with Gasteiger partial charge in [0.15, 0.2) is 0 Å². The summed E-state index contributed by atoms with van der Waals surface area (Å²) in [5.41, 5.74) is 5.08. The highest BCUT2D eigenvalue weighted by molar-refractivity contribution is 5.76. The normalized spacial score (nSPS) is 16.2. The molecule has 3 heterocycles. The van der Waals surface area contributed by atoms with Gasteiger partial charge in [-0.05, 0) is 49.9 Å². The van der Waals surface area contributed by atoms with E-state index >= 15 is 0 Å². The second kappa shape index (κ2) is 9.24. The van der Waals surface area contributed by atoms with Crippen LogP contribution in [0.2, 0.25) is 0 Å². The van der Waals surface area contributed by atoms with Gasteiger partial charge in [-0.25, -0.2) is 0 Å². The van der Waals surface area contributed by atoms with Gasteiger partial charge in [0.2, 0.25) is 5.91 Å². The number of benzene rings is 1. The fraction of sp³-hybridized carbons (Fsp3) is 0.545. The fourth-order valence-corrected chi connectivity index (χ4v) is 4.21. The van der Waals surface area contributed by atoms with E-state index in [4.69, 9.17) is 0 Å². The van der Waals surface area contributed by atoms with Crippen LogP contribution in [0.3, 0.4) is 0 Å². The van der Waals surface area contributed by atoms with Gasteiger partial charge in [0.1, 0.15) is 0 Å². The van der Waals surface area contributed by atoms with Crippen LogP contribution in [0.25, 0.3) is 0 Å². The summed E-state index contributed by atoms with van der Waals surface area (Å²) in [5, 5.41) is 11.1. The molecular formula is C22H31N5O. The Balaban J connectivity index is 1.17. The Morgan fingerprint density at radius 2 is 2.14 bits per heavy atom. The molecule has 4 rings (SSSR count). The van der Waals surface area contributed by atoms with E-state index in [1.54, 1.807) is 0 Å². The molecular weight excluding hydrogens is 350 g/mol. The van der Waals surface area contributed by atoms with Gasteiger partial charge in [-0.1, -0.05) is 18.2 Å². The number of nitrogens with one attached hydrogen (secondary N) is 2. The van der Waals surface area contributed by atoms with Crippen LogP contribution >= 0.6 is 0 Å². The summed E-state index contributed by atoms with van der Waals surface area (Å²) in [6.45, 7) is 5.74. The summed E-state index contributed by atoms with van der Waals surface area (Å²) in [6.07, 6.45) is 5.70. The number of rotatable bonds is 7. The maximum absolute atomic E-state index is 12.2. The Morgan fingerprint density at radius 1 is 1.21 bits per heavy atom. The zero-order valence-electron chi connectivity index (χ0n) is 16.6. The number of carbonyl (C=O) groups excluding carboxylic acids is 1. The lowest BCUT2D eigenvalue weighted by molar-refractivity contribution is -0.121. The van der Waals surface area contributed by atoms with Gasteiger partial charge in [0.05, 0.1) is 11.4 Å². The third-order valence-electron chi connectivity index (χ3n) is 5.69. The van der Waals surface area contributed by atoms with Crippen LogP contribution in [0, 0.1) is 0 Å².